The van der Waals surface area contributed by atoms with Crippen molar-refractivity contribution in [3.63, 3.8) is 0 Å². The molecule has 4 atom stereocenters. The maximum Gasteiger partial charge on any atom is 0.173 e. The summed E-state index contributed by atoms with van der Waals surface area (Å²) in [6.45, 7) is 2.06. The van der Waals surface area contributed by atoms with Gasteiger partial charge in [-0.05, 0) is 46.9 Å². The number of allylic oxidation sites excluding steroid dienone is 1. The predicted molar refractivity (Wildman–Crippen MR) is 106 cm³/mol. The highest BCUT2D eigenvalue weighted by atomic mass is 35.5. The van der Waals surface area contributed by atoms with Crippen molar-refractivity contribution in [3.05, 3.63) is 76.5 Å². The molecule has 0 spiro atoms. The number of halogens is 1. The lowest BCUT2D eigenvalue weighted by atomic mass is 9.84. The molecule has 0 radical (unpaired) electrons. The maximum atomic E-state index is 13.2. The van der Waals surface area contributed by atoms with Crippen LogP contribution in [0.2, 0.25) is 5.02 Å². The van der Waals surface area contributed by atoms with E-state index in [0.29, 0.717) is 10.6 Å². The van der Waals surface area contributed by atoms with Crippen molar-refractivity contribution in [2.24, 2.45) is 11.8 Å². The van der Waals surface area contributed by atoms with E-state index in [4.69, 9.17) is 16.3 Å². The summed E-state index contributed by atoms with van der Waals surface area (Å²) in [5, 5.41) is 11.6. The number of benzene rings is 2. The molecule has 2 aromatic rings. The number of aliphatic hydroxyl groups is 1. The van der Waals surface area contributed by atoms with Crippen molar-refractivity contribution >= 4 is 23.0 Å². The first kappa shape index (κ1) is 16.8. The molecule has 27 heavy (non-hydrogen) atoms. The first-order valence-electron chi connectivity index (χ1n) is 9.29. The van der Waals surface area contributed by atoms with E-state index in [2.05, 4.69) is 13.0 Å². The zero-order valence-electron chi connectivity index (χ0n) is 14.9. The fourth-order valence-electron chi connectivity index (χ4n) is 4.62. The topological polar surface area (TPSA) is 46.5 Å². The highest BCUT2D eigenvalue weighted by molar-refractivity contribution is 6.30. The number of ketones is 1. The molecule has 0 aromatic heterocycles. The molecule has 1 fully saturated rings. The Labute approximate surface area is 162 Å². The Morgan fingerprint density at radius 1 is 1.00 bits per heavy atom. The van der Waals surface area contributed by atoms with Crippen LogP contribution >= 0.6 is 11.6 Å². The molecule has 1 saturated heterocycles. The molecule has 0 amide bonds. The molecular weight excluding hydrogens is 360 g/mol. The van der Waals surface area contributed by atoms with E-state index in [1.807, 2.05) is 48.6 Å². The van der Waals surface area contributed by atoms with Crippen LogP contribution in [-0.2, 0) is 16.0 Å². The number of aryl methyl sites for hydroxylation is 1. The summed E-state index contributed by atoms with van der Waals surface area (Å²) in [5.74, 6) is -0.354. The van der Waals surface area contributed by atoms with Gasteiger partial charge in [0.1, 0.15) is 5.76 Å². The second-order valence-electron chi connectivity index (χ2n) is 7.36. The van der Waals surface area contributed by atoms with Gasteiger partial charge in [0.05, 0.1) is 29.6 Å². The van der Waals surface area contributed by atoms with Crippen molar-refractivity contribution in [3.8, 4) is 11.1 Å². The van der Waals surface area contributed by atoms with Gasteiger partial charge < -0.3 is 9.84 Å². The molecule has 1 aliphatic carbocycles. The van der Waals surface area contributed by atoms with Gasteiger partial charge in [0.15, 0.2) is 5.78 Å². The van der Waals surface area contributed by atoms with E-state index < -0.39 is 0 Å². The largest absolute Gasteiger partial charge is 0.511 e. The summed E-state index contributed by atoms with van der Waals surface area (Å²) in [4.78, 5) is 13.2. The van der Waals surface area contributed by atoms with Crippen LogP contribution in [0.25, 0.3) is 16.7 Å². The zero-order valence-corrected chi connectivity index (χ0v) is 15.6. The number of hydrogen-bond acceptors (Lipinski definition) is 3. The molecule has 136 valence electrons. The van der Waals surface area contributed by atoms with Crippen LogP contribution in [0.5, 0.6) is 0 Å². The van der Waals surface area contributed by atoms with Gasteiger partial charge in [-0.2, -0.15) is 0 Å². The van der Waals surface area contributed by atoms with Crippen LogP contribution in [0.4, 0.5) is 0 Å². The molecule has 2 aromatic carbocycles. The first-order chi connectivity index (χ1) is 13.1. The summed E-state index contributed by atoms with van der Waals surface area (Å²) >= 11 is 6.00. The second kappa shape index (κ2) is 6.08. The number of carbonyl (C=O) groups is 1. The standard InChI is InChI=1S/C23H19ClO3/c1-2-12-3-4-14(13-5-7-15(24)8-6-13)11-16(12)19-22(25)20-17-9-10-18(27-17)21(20)23(19)26/h3-11,17-18,20-21,25H,2H2,1H3/t17?,18?,20-,21+/m0/s1. The first-order valence-corrected chi connectivity index (χ1v) is 9.66. The Kier molecular flexibility index (Phi) is 3.78. The van der Waals surface area contributed by atoms with Gasteiger partial charge in [0.25, 0.3) is 0 Å². The number of carbonyl (C=O) groups excluding carboxylic acids is 1. The minimum absolute atomic E-state index is 0.00249. The van der Waals surface area contributed by atoms with Crippen molar-refractivity contribution in [1.29, 1.82) is 0 Å². The van der Waals surface area contributed by atoms with Crippen molar-refractivity contribution < 1.29 is 14.6 Å². The number of ether oxygens (including phenoxy) is 1. The van der Waals surface area contributed by atoms with Crippen LogP contribution in [0.3, 0.4) is 0 Å². The molecule has 3 nitrogen and oxygen atoms in total. The van der Waals surface area contributed by atoms with Crippen LogP contribution in [0, 0.1) is 11.8 Å². The van der Waals surface area contributed by atoms with Gasteiger partial charge >= 0.3 is 0 Å². The number of rotatable bonds is 3. The van der Waals surface area contributed by atoms with Gasteiger partial charge in [-0.1, -0.05) is 54.9 Å². The summed E-state index contributed by atoms with van der Waals surface area (Å²) in [7, 11) is 0. The van der Waals surface area contributed by atoms with Gasteiger partial charge in [0.2, 0.25) is 0 Å². The SMILES string of the molecule is CCc1ccc(-c2ccc(Cl)cc2)cc1C1=C(O)[C@H]2C3C=CC(O3)[C@H]2C1=O. The third kappa shape index (κ3) is 2.42. The lowest BCUT2D eigenvalue weighted by Crippen LogP contribution is -2.26. The van der Waals surface area contributed by atoms with E-state index >= 15 is 0 Å². The number of fused-ring (bicyclic) bond motifs is 5. The monoisotopic (exact) mass is 378 g/mol. The minimum atomic E-state index is -0.293. The van der Waals surface area contributed by atoms with Gasteiger partial charge in [0, 0.05) is 5.02 Å². The van der Waals surface area contributed by atoms with Gasteiger partial charge in [-0.15, -0.1) is 0 Å². The fraction of sp³-hybridized carbons (Fsp3) is 0.261. The molecule has 1 N–H and O–H groups in total. The number of Topliss-reactive ketones (excluding diaryl/α,β-unsaturated/α-hetero) is 1. The van der Waals surface area contributed by atoms with Crippen molar-refractivity contribution in [2.45, 2.75) is 25.6 Å². The van der Waals surface area contributed by atoms with E-state index in [0.717, 1.165) is 28.7 Å². The Hall–Kier alpha value is -2.36. The average Bonchev–Trinajstić information content (AvgIpc) is 3.36. The average molecular weight is 379 g/mol. The lowest BCUT2D eigenvalue weighted by molar-refractivity contribution is -0.118. The molecule has 2 aliphatic heterocycles. The quantitative estimate of drug-likeness (QED) is 0.765. The molecule has 2 unspecified atom stereocenters. The predicted octanol–water partition coefficient (Wildman–Crippen LogP) is 4.99. The van der Waals surface area contributed by atoms with Gasteiger partial charge in [-0.3, -0.25) is 4.79 Å². The highest BCUT2D eigenvalue weighted by Crippen LogP contribution is 2.51. The summed E-state index contributed by atoms with van der Waals surface area (Å²) in [6, 6.07) is 13.7. The minimum Gasteiger partial charge on any atom is -0.511 e. The van der Waals surface area contributed by atoms with Gasteiger partial charge in [-0.25, -0.2) is 0 Å². The van der Waals surface area contributed by atoms with E-state index in [1.165, 1.54) is 0 Å². The smallest absolute Gasteiger partial charge is 0.173 e. The maximum absolute atomic E-state index is 13.2. The molecule has 2 bridgehead atoms. The Morgan fingerprint density at radius 2 is 1.67 bits per heavy atom. The third-order valence-corrected chi connectivity index (χ3v) is 6.21. The molecule has 5 rings (SSSR count). The van der Waals surface area contributed by atoms with Crippen LogP contribution in [0.1, 0.15) is 18.1 Å². The zero-order chi connectivity index (χ0) is 18.7. The number of hydrogen-bond donors (Lipinski definition) is 1. The summed E-state index contributed by atoms with van der Waals surface area (Å²) in [6.07, 6.45) is 4.30. The van der Waals surface area contributed by atoms with E-state index in [9.17, 15) is 9.90 Å². The van der Waals surface area contributed by atoms with Crippen molar-refractivity contribution in [1.82, 2.24) is 0 Å². The van der Waals surface area contributed by atoms with E-state index in [-0.39, 0.29) is 35.6 Å². The molecule has 2 heterocycles. The van der Waals surface area contributed by atoms with Crippen LogP contribution in [-0.4, -0.2) is 23.1 Å². The third-order valence-electron chi connectivity index (χ3n) is 5.96. The molecule has 4 heteroatoms. The molecule has 0 saturated carbocycles. The van der Waals surface area contributed by atoms with Crippen LogP contribution in [0.15, 0.2) is 60.4 Å². The Morgan fingerprint density at radius 3 is 2.33 bits per heavy atom. The second-order valence-corrected chi connectivity index (χ2v) is 7.80. The van der Waals surface area contributed by atoms with Crippen molar-refractivity contribution in [2.75, 3.05) is 0 Å². The summed E-state index contributed by atoms with van der Waals surface area (Å²) < 4.78 is 5.79. The number of aliphatic hydroxyl groups excluding tert-OH is 1. The van der Waals surface area contributed by atoms with Crippen LogP contribution < -0.4 is 0 Å². The van der Waals surface area contributed by atoms with E-state index in [1.54, 1.807) is 0 Å². The normalized spacial score (nSPS) is 28.3. The fourth-order valence-corrected chi connectivity index (χ4v) is 4.74. The molecule has 3 aliphatic rings. The molecular formula is C23H19ClO3. The summed E-state index contributed by atoms with van der Waals surface area (Å²) in [5.41, 5.74) is 4.39. The lowest BCUT2D eigenvalue weighted by Gasteiger charge is -2.15. The Balaban J connectivity index is 1.63. The highest BCUT2D eigenvalue weighted by Gasteiger charge is 2.57. The Bertz CT molecular complexity index is 1000.